The maximum absolute atomic E-state index is 12.2. The molecular weight excluding hydrogens is 310 g/mol. The molecule has 0 bridgehead atoms. The summed E-state index contributed by atoms with van der Waals surface area (Å²) in [7, 11) is 0. The van der Waals surface area contributed by atoms with Crippen LogP contribution in [0.2, 0.25) is 0 Å². The number of fused-ring (bicyclic) bond motifs is 2. The molecule has 0 saturated carbocycles. The molecule has 1 aromatic heterocycles. The molecule has 4 nitrogen and oxygen atoms in total. The third-order valence-electron chi connectivity index (χ3n) is 3.98. The van der Waals surface area contributed by atoms with Gasteiger partial charge in [0.15, 0.2) is 0 Å². The smallest absolute Gasteiger partial charge is 0.266 e. The van der Waals surface area contributed by atoms with E-state index < -0.39 is 0 Å². The molecule has 0 aliphatic heterocycles. The molecule has 0 aliphatic carbocycles. The lowest BCUT2D eigenvalue weighted by atomic mass is 10.1. The van der Waals surface area contributed by atoms with E-state index in [4.69, 9.17) is 0 Å². The van der Waals surface area contributed by atoms with E-state index in [0.29, 0.717) is 5.69 Å². The number of amides is 1. The van der Waals surface area contributed by atoms with Crippen molar-refractivity contribution in [3.8, 4) is 0 Å². The zero-order valence-electron chi connectivity index (χ0n) is 13.4. The molecule has 1 heterocycles. The summed E-state index contributed by atoms with van der Waals surface area (Å²) in [5, 5.41) is 7.34. The summed E-state index contributed by atoms with van der Waals surface area (Å²) in [6, 6.07) is 25.4. The number of nitrogens with zero attached hydrogens (tertiary/aromatic N) is 2. The molecule has 0 atom stereocenters. The van der Waals surface area contributed by atoms with Crippen molar-refractivity contribution in [2.75, 3.05) is 0 Å². The number of pyridine rings is 1. The van der Waals surface area contributed by atoms with E-state index in [2.05, 4.69) is 21.6 Å². The lowest BCUT2D eigenvalue weighted by Gasteiger charge is -2.02. The quantitative estimate of drug-likeness (QED) is 0.454. The minimum Gasteiger partial charge on any atom is -0.266 e. The number of hydrogen-bond donors (Lipinski definition) is 1. The first-order valence-electron chi connectivity index (χ1n) is 7.98. The maximum atomic E-state index is 12.2. The number of hydrazone groups is 1. The van der Waals surface area contributed by atoms with E-state index in [1.165, 1.54) is 5.39 Å². The Morgan fingerprint density at radius 1 is 0.840 bits per heavy atom. The SMILES string of the molecule is O=C(NN=Cc1ccc2ccccc2c1)c1ccc2ccccc2n1. The van der Waals surface area contributed by atoms with E-state index in [1.54, 1.807) is 12.3 Å². The second kappa shape index (κ2) is 6.53. The van der Waals surface area contributed by atoms with Crippen LogP contribution in [-0.2, 0) is 0 Å². The van der Waals surface area contributed by atoms with Crippen LogP contribution in [0.25, 0.3) is 21.7 Å². The van der Waals surface area contributed by atoms with Gasteiger partial charge < -0.3 is 0 Å². The predicted molar refractivity (Wildman–Crippen MR) is 101 cm³/mol. The first-order valence-corrected chi connectivity index (χ1v) is 7.98. The molecule has 25 heavy (non-hydrogen) atoms. The Morgan fingerprint density at radius 2 is 1.56 bits per heavy atom. The molecule has 0 unspecified atom stereocenters. The zero-order chi connectivity index (χ0) is 17.1. The average Bonchev–Trinajstić information content (AvgIpc) is 2.67. The van der Waals surface area contributed by atoms with Crippen molar-refractivity contribution in [2.24, 2.45) is 5.10 Å². The van der Waals surface area contributed by atoms with E-state index in [0.717, 1.165) is 21.9 Å². The zero-order valence-corrected chi connectivity index (χ0v) is 13.4. The van der Waals surface area contributed by atoms with Crippen LogP contribution >= 0.6 is 0 Å². The molecule has 0 aliphatic rings. The van der Waals surface area contributed by atoms with E-state index in [9.17, 15) is 4.79 Å². The summed E-state index contributed by atoms with van der Waals surface area (Å²) in [5.41, 5.74) is 4.58. The van der Waals surface area contributed by atoms with Gasteiger partial charge in [-0.15, -0.1) is 0 Å². The van der Waals surface area contributed by atoms with Gasteiger partial charge in [-0.1, -0.05) is 60.7 Å². The highest BCUT2D eigenvalue weighted by Gasteiger charge is 2.06. The van der Waals surface area contributed by atoms with Crippen LogP contribution < -0.4 is 5.43 Å². The van der Waals surface area contributed by atoms with Crippen molar-refractivity contribution >= 4 is 33.8 Å². The molecule has 0 radical (unpaired) electrons. The van der Waals surface area contributed by atoms with E-state index in [-0.39, 0.29) is 5.91 Å². The van der Waals surface area contributed by atoms with Crippen LogP contribution in [0.5, 0.6) is 0 Å². The fourth-order valence-corrected chi connectivity index (χ4v) is 2.70. The lowest BCUT2D eigenvalue weighted by Crippen LogP contribution is -2.18. The number of benzene rings is 3. The van der Waals surface area contributed by atoms with Crippen LogP contribution in [0.3, 0.4) is 0 Å². The van der Waals surface area contributed by atoms with Gasteiger partial charge in [0.25, 0.3) is 5.91 Å². The molecule has 0 fully saturated rings. The van der Waals surface area contributed by atoms with Crippen LogP contribution in [0, 0.1) is 0 Å². The van der Waals surface area contributed by atoms with Gasteiger partial charge in [0, 0.05) is 5.39 Å². The van der Waals surface area contributed by atoms with E-state index in [1.807, 2.05) is 66.7 Å². The number of para-hydroxylation sites is 1. The van der Waals surface area contributed by atoms with Gasteiger partial charge in [-0.25, -0.2) is 10.4 Å². The summed E-state index contributed by atoms with van der Waals surface area (Å²) < 4.78 is 0. The van der Waals surface area contributed by atoms with Crippen molar-refractivity contribution in [3.63, 3.8) is 0 Å². The molecule has 1 N–H and O–H groups in total. The number of carbonyl (C=O) groups is 1. The largest absolute Gasteiger partial charge is 0.289 e. The number of hydrogen-bond acceptors (Lipinski definition) is 3. The average molecular weight is 325 g/mol. The number of nitrogens with one attached hydrogen (secondary N) is 1. The number of aromatic nitrogens is 1. The standard InChI is InChI=1S/C21H15N3O/c25-21(20-12-11-17-6-3-4-8-19(17)23-20)24-22-14-15-9-10-16-5-1-2-7-18(16)13-15/h1-14H,(H,24,25). The minimum absolute atomic E-state index is 0.331. The lowest BCUT2D eigenvalue weighted by molar-refractivity contribution is 0.0950. The third-order valence-corrected chi connectivity index (χ3v) is 3.98. The normalized spacial score (nSPS) is 11.2. The Kier molecular flexibility index (Phi) is 3.92. The van der Waals surface area contributed by atoms with E-state index >= 15 is 0 Å². The second-order valence-corrected chi connectivity index (χ2v) is 5.69. The molecule has 0 saturated heterocycles. The van der Waals surface area contributed by atoms with Gasteiger partial charge in [0.05, 0.1) is 11.7 Å². The van der Waals surface area contributed by atoms with Gasteiger partial charge >= 0.3 is 0 Å². The molecule has 4 heteroatoms. The third kappa shape index (κ3) is 3.23. The van der Waals surface area contributed by atoms with Gasteiger partial charge in [-0.3, -0.25) is 4.79 Å². The van der Waals surface area contributed by atoms with Crippen LogP contribution in [-0.4, -0.2) is 17.1 Å². The van der Waals surface area contributed by atoms with Crippen molar-refractivity contribution < 1.29 is 4.79 Å². The predicted octanol–water partition coefficient (Wildman–Crippen LogP) is 4.15. The summed E-state index contributed by atoms with van der Waals surface area (Å²) in [4.78, 5) is 16.6. The Morgan fingerprint density at radius 3 is 2.44 bits per heavy atom. The van der Waals surface area contributed by atoms with Crippen molar-refractivity contribution in [1.82, 2.24) is 10.4 Å². The van der Waals surface area contributed by atoms with Crippen molar-refractivity contribution in [3.05, 3.63) is 90.1 Å². The maximum Gasteiger partial charge on any atom is 0.289 e. The Hall–Kier alpha value is -3.53. The Balaban J connectivity index is 1.50. The molecule has 3 aromatic carbocycles. The fourth-order valence-electron chi connectivity index (χ4n) is 2.70. The topological polar surface area (TPSA) is 54.4 Å². The molecule has 0 spiro atoms. The second-order valence-electron chi connectivity index (χ2n) is 5.69. The van der Waals surface area contributed by atoms with Gasteiger partial charge in [-0.2, -0.15) is 5.10 Å². The monoisotopic (exact) mass is 325 g/mol. The Labute approximate surface area is 144 Å². The number of carbonyl (C=O) groups excluding carboxylic acids is 1. The van der Waals surface area contributed by atoms with Crippen molar-refractivity contribution in [1.29, 1.82) is 0 Å². The highest BCUT2D eigenvalue weighted by Crippen LogP contribution is 2.14. The summed E-state index contributed by atoms with van der Waals surface area (Å²) >= 11 is 0. The van der Waals surface area contributed by atoms with Gasteiger partial charge in [0.1, 0.15) is 5.69 Å². The van der Waals surface area contributed by atoms with Crippen LogP contribution in [0.1, 0.15) is 16.1 Å². The number of rotatable bonds is 3. The first-order chi connectivity index (χ1) is 12.3. The first kappa shape index (κ1) is 15.0. The van der Waals surface area contributed by atoms with Crippen molar-refractivity contribution in [2.45, 2.75) is 0 Å². The highest BCUT2D eigenvalue weighted by molar-refractivity contribution is 5.96. The van der Waals surface area contributed by atoms with Gasteiger partial charge in [0.2, 0.25) is 0 Å². The Bertz CT molecular complexity index is 1100. The molecule has 4 rings (SSSR count). The molecular formula is C21H15N3O. The fraction of sp³-hybridized carbons (Fsp3) is 0. The molecule has 4 aromatic rings. The van der Waals surface area contributed by atoms with Crippen LogP contribution in [0.15, 0.2) is 84.0 Å². The van der Waals surface area contributed by atoms with Crippen LogP contribution in [0.4, 0.5) is 0 Å². The molecule has 1 amide bonds. The highest BCUT2D eigenvalue weighted by atomic mass is 16.2. The van der Waals surface area contributed by atoms with Gasteiger partial charge in [-0.05, 0) is 34.5 Å². The summed E-state index contributed by atoms with van der Waals surface area (Å²) in [6.07, 6.45) is 1.63. The summed E-state index contributed by atoms with van der Waals surface area (Å²) in [5.74, 6) is -0.331. The minimum atomic E-state index is -0.331. The summed E-state index contributed by atoms with van der Waals surface area (Å²) in [6.45, 7) is 0. The molecule has 120 valence electrons.